The number of hydrogen-bond donors (Lipinski definition) is 4. The number of aliphatic hydroxyl groups is 1. The lowest BCUT2D eigenvalue weighted by atomic mass is 10.2. The van der Waals surface area contributed by atoms with Crippen molar-refractivity contribution in [1.82, 2.24) is 5.32 Å². The fourth-order valence-electron chi connectivity index (χ4n) is 0.777. The number of carboxylic acid groups (broad SMARTS) is 2. The summed E-state index contributed by atoms with van der Waals surface area (Å²) in [5, 5.41) is 27.8. The molecule has 0 aromatic carbocycles. The number of nitrogens with one attached hydrogen (secondary N) is 1. The van der Waals surface area contributed by atoms with Gasteiger partial charge in [-0.05, 0) is 13.0 Å². The van der Waals surface area contributed by atoms with Crippen LogP contribution in [0.4, 0.5) is 0 Å². The summed E-state index contributed by atoms with van der Waals surface area (Å²) in [6, 6.07) is -1.08. The van der Waals surface area contributed by atoms with Gasteiger partial charge in [-0.3, -0.25) is 9.59 Å². The molecular formula is C7H13NO5. The zero-order valence-electron chi connectivity index (χ0n) is 7.06. The minimum Gasteiger partial charge on any atom is -0.481 e. The van der Waals surface area contributed by atoms with E-state index in [2.05, 4.69) is 5.32 Å². The summed E-state index contributed by atoms with van der Waals surface area (Å²) in [7, 11) is 0. The first kappa shape index (κ1) is 11.9. The number of hydrogen-bond acceptors (Lipinski definition) is 4. The molecule has 0 heterocycles. The summed E-state index contributed by atoms with van der Waals surface area (Å²) in [5.41, 5.74) is 0. The van der Waals surface area contributed by atoms with Crippen LogP contribution in [0.5, 0.6) is 0 Å². The first-order valence-corrected chi connectivity index (χ1v) is 3.86. The molecule has 0 saturated carbocycles. The zero-order chi connectivity index (χ0) is 10.3. The van der Waals surface area contributed by atoms with Gasteiger partial charge in [0.15, 0.2) is 0 Å². The average molecular weight is 191 g/mol. The molecule has 0 spiro atoms. The predicted molar refractivity (Wildman–Crippen MR) is 43.4 cm³/mol. The Kier molecular flexibility index (Phi) is 5.82. The van der Waals surface area contributed by atoms with Crippen LogP contribution in [0.3, 0.4) is 0 Å². The second-order valence-corrected chi connectivity index (χ2v) is 2.52. The maximum Gasteiger partial charge on any atom is 0.321 e. The molecule has 4 N–H and O–H groups in total. The van der Waals surface area contributed by atoms with Crippen molar-refractivity contribution in [2.45, 2.75) is 18.9 Å². The molecule has 0 fully saturated rings. The van der Waals surface area contributed by atoms with Crippen molar-refractivity contribution in [3.05, 3.63) is 0 Å². The highest BCUT2D eigenvalue weighted by Gasteiger charge is 2.19. The fraction of sp³-hybridized carbons (Fsp3) is 0.714. The first-order valence-electron chi connectivity index (χ1n) is 3.86. The van der Waals surface area contributed by atoms with Crippen molar-refractivity contribution in [2.75, 3.05) is 13.2 Å². The molecule has 1 atom stereocenters. The molecule has 0 aliphatic rings. The van der Waals surface area contributed by atoms with E-state index in [0.29, 0.717) is 13.0 Å². The van der Waals surface area contributed by atoms with Gasteiger partial charge in [0.1, 0.15) is 6.04 Å². The number of aliphatic carboxylic acids is 2. The lowest BCUT2D eigenvalue weighted by Gasteiger charge is -2.10. The normalized spacial score (nSPS) is 12.4. The molecule has 0 rings (SSSR count). The third kappa shape index (κ3) is 6.06. The molecular weight excluding hydrogens is 178 g/mol. The minimum atomic E-state index is -1.19. The standard InChI is InChI=1S/C7H13NO5/c9-3-1-2-8-5(7(12)13)4-6(10)11/h5,8-9H,1-4H2,(H,10,11)(H,12,13)/t5-/m0/s1. The van der Waals surface area contributed by atoms with Crippen LogP contribution in [0.1, 0.15) is 12.8 Å². The van der Waals surface area contributed by atoms with E-state index in [4.69, 9.17) is 15.3 Å². The molecule has 6 nitrogen and oxygen atoms in total. The minimum absolute atomic E-state index is 0.0492. The van der Waals surface area contributed by atoms with Gasteiger partial charge in [-0.1, -0.05) is 0 Å². The Hall–Kier alpha value is -1.14. The maximum atomic E-state index is 10.4. The molecule has 13 heavy (non-hydrogen) atoms. The highest BCUT2D eigenvalue weighted by molar-refractivity contribution is 5.80. The third-order valence-electron chi connectivity index (χ3n) is 1.40. The largest absolute Gasteiger partial charge is 0.481 e. The summed E-state index contributed by atoms with van der Waals surface area (Å²) < 4.78 is 0. The topological polar surface area (TPSA) is 107 Å². The van der Waals surface area contributed by atoms with E-state index >= 15 is 0 Å². The molecule has 0 saturated heterocycles. The van der Waals surface area contributed by atoms with Crippen LogP contribution >= 0.6 is 0 Å². The van der Waals surface area contributed by atoms with Crippen LogP contribution in [0.25, 0.3) is 0 Å². The van der Waals surface area contributed by atoms with Gasteiger partial charge in [0.2, 0.25) is 0 Å². The molecule has 76 valence electrons. The van der Waals surface area contributed by atoms with Crippen LogP contribution in [-0.2, 0) is 9.59 Å². The lowest BCUT2D eigenvalue weighted by Crippen LogP contribution is -2.39. The van der Waals surface area contributed by atoms with Crippen molar-refractivity contribution in [3.63, 3.8) is 0 Å². The lowest BCUT2D eigenvalue weighted by molar-refractivity contribution is -0.145. The van der Waals surface area contributed by atoms with E-state index in [0.717, 1.165) is 0 Å². The van der Waals surface area contributed by atoms with Gasteiger partial charge in [0.25, 0.3) is 0 Å². The second kappa shape index (κ2) is 6.38. The number of aliphatic hydroxyl groups excluding tert-OH is 1. The first-order chi connectivity index (χ1) is 6.07. The highest BCUT2D eigenvalue weighted by Crippen LogP contribution is 1.92. The molecule has 0 aliphatic carbocycles. The Morgan fingerprint density at radius 2 is 1.92 bits per heavy atom. The summed E-state index contributed by atoms with van der Waals surface area (Å²) in [5.74, 6) is -2.36. The average Bonchev–Trinajstić information content (AvgIpc) is 2.02. The van der Waals surface area contributed by atoms with Crippen LogP contribution in [0, 0.1) is 0 Å². The smallest absolute Gasteiger partial charge is 0.321 e. The predicted octanol–water partition coefficient (Wildman–Crippen LogP) is -1.11. The second-order valence-electron chi connectivity index (χ2n) is 2.52. The van der Waals surface area contributed by atoms with Gasteiger partial charge >= 0.3 is 11.9 Å². The van der Waals surface area contributed by atoms with Gasteiger partial charge in [-0.15, -0.1) is 0 Å². The number of carboxylic acids is 2. The van der Waals surface area contributed by atoms with Crippen molar-refractivity contribution in [3.8, 4) is 0 Å². The number of rotatable bonds is 7. The Morgan fingerprint density at radius 1 is 1.31 bits per heavy atom. The SMILES string of the molecule is O=C(O)C[C@H](NCCCO)C(=O)O. The maximum absolute atomic E-state index is 10.4. The van der Waals surface area contributed by atoms with E-state index in [-0.39, 0.29) is 6.61 Å². The van der Waals surface area contributed by atoms with Crippen molar-refractivity contribution < 1.29 is 24.9 Å². The van der Waals surface area contributed by atoms with Crippen LogP contribution in [0.2, 0.25) is 0 Å². The molecule has 0 amide bonds. The van der Waals surface area contributed by atoms with Crippen molar-refractivity contribution >= 4 is 11.9 Å². The molecule has 0 unspecified atom stereocenters. The number of carbonyl (C=O) groups is 2. The van der Waals surface area contributed by atoms with Gasteiger partial charge in [-0.25, -0.2) is 0 Å². The summed E-state index contributed by atoms with van der Waals surface area (Å²) in [6.45, 7) is 0.243. The van der Waals surface area contributed by atoms with Crippen molar-refractivity contribution in [1.29, 1.82) is 0 Å². The van der Waals surface area contributed by atoms with Gasteiger partial charge in [0, 0.05) is 6.61 Å². The zero-order valence-corrected chi connectivity index (χ0v) is 7.06. The summed E-state index contributed by atoms with van der Waals surface area (Å²) in [4.78, 5) is 20.6. The molecule has 0 radical (unpaired) electrons. The Bertz CT molecular complexity index is 182. The highest BCUT2D eigenvalue weighted by atomic mass is 16.4. The van der Waals surface area contributed by atoms with Gasteiger partial charge < -0.3 is 20.6 Å². The quantitative estimate of drug-likeness (QED) is 0.380. The Balaban J connectivity index is 3.81. The van der Waals surface area contributed by atoms with Crippen LogP contribution < -0.4 is 5.32 Å². The van der Waals surface area contributed by atoms with Gasteiger partial charge in [0.05, 0.1) is 6.42 Å². The molecule has 6 heteroatoms. The van der Waals surface area contributed by atoms with E-state index in [1.54, 1.807) is 0 Å². The summed E-state index contributed by atoms with van der Waals surface area (Å²) in [6.07, 6.45) is -0.0514. The van der Waals surface area contributed by atoms with E-state index in [9.17, 15) is 9.59 Å². The Morgan fingerprint density at radius 3 is 2.31 bits per heavy atom. The van der Waals surface area contributed by atoms with Crippen molar-refractivity contribution in [2.24, 2.45) is 0 Å². The molecule has 0 aliphatic heterocycles. The van der Waals surface area contributed by atoms with E-state index < -0.39 is 24.4 Å². The summed E-state index contributed by atoms with van der Waals surface area (Å²) >= 11 is 0. The molecule has 0 aromatic rings. The van der Waals surface area contributed by atoms with E-state index in [1.807, 2.05) is 0 Å². The van der Waals surface area contributed by atoms with Crippen LogP contribution in [-0.4, -0.2) is 46.5 Å². The van der Waals surface area contributed by atoms with Crippen LogP contribution in [0.15, 0.2) is 0 Å². The fourth-order valence-corrected chi connectivity index (χ4v) is 0.777. The van der Waals surface area contributed by atoms with E-state index in [1.165, 1.54) is 0 Å². The Labute approximate surface area is 75.2 Å². The van der Waals surface area contributed by atoms with Gasteiger partial charge in [-0.2, -0.15) is 0 Å². The molecule has 0 aromatic heterocycles. The third-order valence-corrected chi connectivity index (χ3v) is 1.40. The molecule has 0 bridgehead atoms. The monoisotopic (exact) mass is 191 g/mol.